The molecule has 1 atom stereocenters. The summed E-state index contributed by atoms with van der Waals surface area (Å²) < 4.78 is 0. The predicted molar refractivity (Wildman–Crippen MR) is 74.7 cm³/mol. The summed E-state index contributed by atoms with van der Waals surface area (Å²) in [4.78, 5) is 13.4. The number of piperidine rings is 1. The van der Waals surface area contributed by atoms with E-state index in [0.717, 1.165) is 24.9 Å². The van der Waals surface area contributed by atoms with Gasteiger partial charge in [0.05, 0.1) is 12.0 Å². The van der Waals surface area contributed by atoms with E-state index < -0.39 is 11.4 Å². The lowest BCUT2D eigenvalue weighted by Crippen LogP contribution is -2.46. The fraction of sp³-hybridized carbons (Fsp3) is 0.438. The third-order valence-electron chi connectivity index (χ3n) is 3.60. The fourth-order valence-electron chi connectivity index (χ4n) is 2.43. The summed E-state index contributed by atoms with van der Waals surface area (Å²) in [5, 5.41) is 9.26. The number of hydrogen-bond donors (Lipinski definition) is 1. The Morgan fingerprint density at radius 3 is 2.84 bits per heavy atom. The second-order valence-corrected chi connectivity index (χ2v) is 5.35. The molecule has 0 bridgehead atoms. The van der Waals surface area contributed by atoms with Crippen LogP contribution in [0.15, 0.2) is 30.3 Å². The van der Waals surface area contributed by atoms with Gasteiger partial charge in [-0.15, -0.1) is 0 Å². The molecule has 0 amide bonds. The molecule has 0 spiro atoms. The van der Waals surface area contributed by atoms with E-state index in [1.165, 1.54) is 0 Å². The van der Waals surface area contributed by atoms with Crippen molar-refractivity contribution < 1.29 is 9.90 Å². The average Bonchev–Trinajstić information content (AvgIpc) is 2.40. The van der Waals surface area contributed by atoms with Crippen LogP contribution in [0, 0.1) is 17.3 Å². The first-order valence-corrected chi connectivity index (χ1v) is 6.60. The minimum atomic E-state index is -0.701. The van der Waals surface area contributed by atoms with Gasteiger partial charge in [0.2, 0.25) is 0 Å². The average molecular weight is 257 g/mol. The Bertz CT molecular complexity index is 500. The van der Waals surface area contributed by atoms with E-state index in [4.69, 9.17) is 0 Å². The van der Waals surface area contributed by atoms with Gasteiger partial charge < -0.3 is 5.11 Å². The van der Waals surface area contributed by atoms with Gasteiger partial charge in [-0.3, -0.25) is 9.69 Å². The summed E-state index contributed by atoms with van der Waals surface area (Å²) in [5.74, 6) is 5.54. The van der Waals surface area contributed by atoms with Crippen molar-refractivity contribution in [1.82, 2.24) is 4.90 Å². The van der Waals surface area contributed by atoms with Crippen LogP contribution in [0.25, 0.3) is 0 Å². The number of carbonyl (C=O) groups is 1. The molecule has 1 saturated heterocycles. The van der Waals surface area contributed by atoms with Crippen LogP contribution < -0.4 is 0 Å². The number of benzene rings is 1. The standard InChI is InChI=1S/C16H19NO2/c1-16(15(18)19)10-6-12-17(13-16)11-5-9-14-7-3-2-4-8-14/h2-4,7-8H,6,10-13H2,1H3,(H,18,19). The minimum absolute atomic E-state index is 0.589. The second kappa shape index (κ2) is 5.90. The molecule has 0 saturated carbocycles. The van der Waals surface area contributed by atoms with Crippen LogP contribution in [0.5, 0.6) is 0 Å². The van der Waals surface area contributed by atoms with Crippen molar-refractivity contribution >= 4 is 5.97 Å². The predicted octanol–water partition coefficient (Wildman–Crippen LogP) is 2.22. The summed E-state index contributed by atoms with van der Waals surface area (Å²) in [6.07, 6.45) is 1.68. The van der Waals surface area contributed by atoms with Gasteiger partial charge in [-0.25, -0.2) is 0 Å². The van der Waals surface area contributed by atoms with Crippen LogP contribution in [0.2, 0.25) is 0 Å². The molecule has 19 heavy (non-hydrogen) atoms. The zero-order valence-electron chi connectivity index (χ0n) is 11.2. The van der Waals surface area contributed by atoms with Gasteiger partial charge in [0.15, 0.2) is 0 Å². The third-order valence-corrected chi connectivity index (χ3v) is 3.60. The Kier molecular flexibility index (Phi) is 4.24. The molecule has 1 aliphatic rings. The molecule has 0 aliphatic carbocycles. The van der Waals surface area contributed by atoms with Gasteiger partial charge >= 0.3 is 5.97 Å². The number of carboxylic acid groups (broad SMARTS) is 1. The SMILES string of the molecule is CC1(C(=O)O)CCCN(CC#Cc2ccccc2)C1. The maximum Gasteiger partial charge on any atom is 0.310 e. The number of rotatable bonds is 2. The molecule has 0 radical (unpaired) electrons. The van der Waals surface area contributed by atoms with E-state index in [1.54, 1.807) is 0 Å². The van der Waals surface area contributed by atoms with Crippen molar-refractivity contribution in [2.45, 2.75) is 19.8 Å². The molecule has 1 aromatic carbocycles. The van der Waals surface area contributed by atoms with Gasteiger partial charge in [-0.1, -0.05) is 30.0 Å². The van der Waals surface area contributed by atoms with Crippen LogP contribution in [0.4, 0.5) is 0 Å². The molecule has 3 nitrogen and oxygen atoms in total. The highest BCUT2D eigenvalue weighted by Crippen LogP contribution is 2.29. The highest BCUT2D eigenvalue weighted by Gasteiger charge is 2.37. The quantitative estimate of drug-likeness (QED) is 0.826. The lowest BCUT2D eigenvalue weighted by Gasteiger charge is -2.36. The number of aliphatic carboxylic acids is 1. The van der Waals surface area contributed by atoms with Crippen LogP contribution in [0.1, 0.15) is 25.3 Å². The van der Waals surface area contributed by atoms with Crippen LogP contribution in [-0.2, 0) is 4.79 Å². The normalized spacial score (nSPS) is 23.4. The largest absolute Gasteiger partial charge is 0.481 e. The first-order chi connectivity index (χ1) is 9.10. The van der Waals surface area contributed by atoms with Gasteiger partial charge in [0, 0.05) is 12.1 Å². The van der Waals surface area contributed by atoms with Crippen molar-refractivity contribution in [3.05, 3.63) is 35.9 Å². The van der Waals surface area contributed by atoms with Gasteiger partial charge in [-0.2, -0.15) is 0 Å². The molecule has 1 unspecified atom stereocenters. The van der Waals surface area contributed by atoms with Crippen molar-refractivity contribution in [2.75, 3.05) is 19.6 Å². The molecule has 100 valence electrons. The topological polar surface area (TPSA) is 40.5 Å². The van der Waals surface area contributed by atoms with Crippen molar-refractivity contribution in [2.24, 2.45) is 5.41 Å². The van der Waals surface area contributed by atoms with E-state index in [1.807, 2.05) is 37.3 Å². The van der Waals surface area contributed by atoms with E-state index in [-0.39, 0.29) is 0 Å². The minimum Gasteiger partial charge on any atom is -0.481 e. The van der Waals surface area contributed by atoms with Crippen molar-refractivity contribution in [1.29, 1.82) is 0 Å². The van der Waals surface area contributed by atoms with E-state index in [2.05, 4.69) is 16.7 Å². The van der Waals surface area contributed by atoms with Gasteiger partial charge in [-0.05, 0) is 38.4 Å². The highest BCUT2D eigenvalue weighted by atomic mass is 16.4. The molecule has 1 fully saturated rings. The maximum absolute atomic E-state index is 11.3. The number of nitrogens with zero attached hydrogens (tertiary/aromatic N) is 1. The van der Waals surface area contributed by atoms with Crippen LogP contribution in [-0.4, -0.2) is 35.6 Å². The Labute approximate surface area is 114 Å². The second-order valence-electron chi connectivity index (χ2n) is 5.35. The van der Waals surface area contributed by atoms with Gasteiger partial charge in [0.25, 0.3) is 0 Å². The Morgan fingerprint density at radius 2 is 2.16 bits per heavy atom. The molecule has 2 rings (SSSR count). The lowest BCUT2D eigenvalue weighted by molar-refractivity contribution is -0.151. The molecule has 1 N–H and O–H groups in total. The number of likely N-dealkylation sites (tertiary alicyclic amines) is 1. The summed E-state index contributed by atoms with van der Waals surface area (Å²) in [6.45, 7) is 3.99. The monoisotopic (exact) mass is 257 g/mol. The van der Waals surface area contributed by atoms with Crippen molar-refractivity contribution in [3.8, 4) is 11.8 Å². The Morgan fingerprint density at radius 1 is 1.42 bits per heavy atom. The zero-order valence-corrected chi connectivity index (χ0v) is 11.2. The van der Waals surface area contributed by atoms with Crippen LogP contribution in [0.3, 0.4) is 0 Å². The first-order valence-electron chi connectivity index (χ1n) is 6.60. The smallest absolute Gasteiger partial charge is 0.310 e. The Hall–Kier alpha value is -1.79. The molecule has 1 aliphatic heterocycles. The highest BCUT2D eigenvalue weighted by molar-refractivity contribution is 5.74. The first kappa shape index (κ1) is 13.6. The van der Waals surface area contributed by atoms with E-state index >= 15 is 0 Å². The van der Waals surface area contributed by atoms with Crippen LogP contribution >= 0.6 is 0 Å². The molecule has 1 aromatic rings. The van der Waals surface area contributed by atoms with E-state index in [9.17, 15) is 9.90 Å². The Balaban J connectivity index is 1.94. The summed E-state index contributed by atoms with van der Waals surface area (Å²) in [5.41, 5.74) is 0.382. The zero-order chi connectivity index (χ0) is 13.7. The van der Waals surface area contributed by atoms with Gasteiger partial charge in [0.1, 0.15) is 0 Å². The van der Waals surface area contributed by atoms with Crippen molar-refractivity contribution in [3.63, 3.8) is 0 Å². The molecule has 0 aromatic heterocycles. The number of hydrogen-bond acceptors (Lipinski definition) is 2. The number of carboxylic acids is 1. The lowest BCUT2D eigenvalue weighted by atomic mass is 9.82. The van der Waals surface area contributed by atoms with E-state index in [0.29, 0.717) is 13.1 Å². The summed E-state index contributed by atoms with van der Waals surface area (Å²) in [7, 11) is 0. The molecule has 3 heteroatoms. The molecular formula is C16H19NO2. The third kappa shape index (κ3) is 3.59. The summed E-state index contributed by atoms with van der Waals surface area (Å²) in [6, 6.07) is 9.85. The maximum atomic E-state index is 11.3. The summed E-state index contributed by atoms with van der Waals surface area (Å²) >= 11 is 0. The molecule has 1 heterocycles. The fourth-order valence-corrected chi connectivity index (χ4v) is 2.43. The molecular weight excluding hydrogens is 238 g/mol.